The minimum atomic E-state index is -1.06. The summed E-state index contributed by atoms with van der Waals surface area (Å²) in [5, 5.41) is 9.56. The van der Waals surface area contributed by atoms with Gasteiger partial charge in [-0.2, -0.15) is 0 Å². The van der Waals surface area contributed by atoms with E-state index < -0.39 is 17.3 Å². The summed E-state index contributed by atoms with van der Waals surface area (Å²) in [4.78, 5) is 34.0. The summed E-state index contributed by atoms with van der Waals surface area (Å²) in [6.45, 7) is 2.84. The highest BCUT2D eigenvalue weighted by Crippen LogP contribution is 2.49. The number of pyridine rings is 2. The molecule has 3 aliphatic rings. The summed E-state index contributed by atoms with van der Waals surface area (Å²) in [7, 11) is 0. The number of aromatic nitrogens is 4. The van der Waals surface area contributed by atoms with Gasteiger partial charge in [-0.05, 0) is 61.6 Å². The number of hydrogen-bond acceptors (Lipinski definition) is 6. The van der Waals surface area contributed by atoms with Crippen molar-refractivity contribution in [2.75, 3.05) is 6.61 Å². The monoisotopic (exact) mass is 598 g/mol. The molecule has 0 unspecified atom stereocenters. The highest BCUT2D eigenvalue weighted by Gasteiger charge is 2.52. The molecular weight excluding hydrogens is 570 g/mol. The average molecular weight is 599 g/mol. The third-order valence-electron chi connectivity index (χ3n) is 8.44. The van der Waals surface area contributed by atoms with Crippen LogP contribution >= 0.6 is 0 Å². The highest BCUT2D eigenvalue weighted by atomic mass is 19.1. The molecule has 0 atom stereocenters. The number of nitrogens with zero attached hydrogens (tertiary/aromatic N) is 4. The quantitative estimate of drug-likeness (QED) is 0.244. The number of halogens is 2. The summed E-state index contributed by atoms with van der Waals surface area (Å²) in [5.74, 6) is -0.949. The van der Waals surface area contributed by atoms with Gasteiger partial charge in [-0.15, -0.1) is 0 Å². The van der Waals surface area contributed by atoms with E-state index in [9.17, 15) is 19.1 Å². The number of carbonyl (C=O) groups is 1. The molecule has 0 spiro atoms. The van der Waals surface area contributed by atoms with Crippen LogP contribution in [0.4, 0.5) is 8.78 Å². The first-order chi connectivity index (χ1) is 21.2. The molecule has 1 saturated carbocycles. The molecule has 44 heavy (non-hydrogen) atoms. The van der Waals surface area contributed by atoms with E-state index in [1.165, 1.54) is 22.8 Å². The van der Waals surface area contributed by atoms with Crippen LogP contribution in [0.25, 0.3) is 22.3 Å². The van der Waals surface area contributed by atoms with Crippen LogP contribution in [-0.4, -0.2) is 42.4 Å². The molecule has 2 saturated heterocycles. The van der Waals surface area contributed by atoms with Gasteiger partial charge < -0.3 is 23.7 Å². The second-order valence-corrected chi connectivity index (χ2v) is 11.6. The van der Waals surface area contributed by atoms with Crippen molar-refractivity contribution in [3.63, 3.8) is 0 Å². The Labute approximate surface area is 250 Å². The Hall–Kier alpha value is -4.90. The van der Waals surface area contributed by atoms with Gasteiger partial charge in [-0.1, -0.05) is 18.2 Å². The van der Waals surface area contributed by atoms with E-state index >= 15 is 4.39 Å². The number of hydrogen-bond donors (Lipinski definition) is 1. The summed E-state index contributed by atoms with van der Waals surface area (Å²) in [6.07, 6.45) is 2.93. The highest BCUT2D eigenvalue weighted by molar-refractivity contribution is 5.92. The van der Waals surface area contributed by atoms with E-state index in [-0.39, 0.29) is 47.3 Å². The maximum absolute atomic E-state index is 15.5. The van der Waals surface area contributed by atoms with Gasteiger partial charge in [0.05, 0.1) is 47.6 Å². The van der Waals surface area contributed by atoms with Crippen molar-refractivity contribution in [3.05, 3.63) is 111 Å². The first kappa shape index (κ1) is 27.9. The predicted octanol–water partition coefficient (Wildman–Crippen LogP) is 5.35. The van der Waals surface area contributed by atoms with E-state index in [4.69, 9.17) is 14.5 Å². The molecule has 224 valence electrons. The maximum Gasteiger partial charge on any atom is 0.335 e. The zero-order chi connectivity index (χ0) is 30.6. The third kappa shape index (κ3) is 5.13. The number of ether oxygens (including phenoxy) is 2. The Bertz CT molecular complexity index is 1990. The lowest BCUT2D eigenvalue weighted by Crippen LogP contribution is -2.41. The number of carboxylic acid groups (broad SMARTS) is 1. The van der Waals surface area contributed by atoms with Crippen LogP contribution < -0.4 is 10.3 Å². The Morgan fingerprint density at radius 2 is 1.93 bits per heavy atom. The molecule has 0 amide bonds. The van der Waals surface area contributed by atoms with Gasteiger partial charge in [0.15, 0.2) is 0 Å². The molecule has 5 aromatic rings. The fraction of sp³-hybridized carbons (Fsp3) is 0.273. The van der Waals surface area contributed by atoms with E-state index in [1.807, 2.05) is 4.57 Å². The van der Waals surface area contributed by atoms with Crippen LogP contribution in [0.5, 0.6) is 5.88 Å². The predicted molar refractivity (Wildman–Crippen MR) is 157 cm³/mol. The fourth-order valence-corrected chi connectivity index (χ4v) is 6.17. The van der Waals surface area contributed by atoms with Crippen molar-refractivity contribution in [2.24, 2.45) is 5.92 Å². The van der Waals surface area contributed by atoms with Gasteiger partial charge in [0.2, 0.25) is 5.88 Å². The van der Waals surface area contributed by atoms with Crippen molar-refractivity contribution in [1.82, 2.24) is 19.1 Å². The molecule has 2 aliphatic heterocycles. The smallest absolute Gasteiger partial charge is 0.335 e. The summed E-state index contributed by atoms with van der Waals surface area (Å²) in [6, 6.07) is 15.5. The van der Waals surface area contributed by atoms with E-state index in [0.29, 0.717) is 41.5 Å². The Balaban J connectivity index is 1.17. The number of aryl methyl sites for hydroxylation is 1. The molecule has 9 nitrogen and oxygen atoms in total. The summed E-state index contributed by atoms with van der Waals surface area (Å²) < 4.78 is 44.6. The van der Waals surface area contributed by atoms with Crippen LogP contribution in [-0.2, 0) is 24.4 Å². The molecule has 0 radical (unpaired) electrons. The molecule has 11 heteroatoms. The number of benzene rings is 2. The number of imidazole rings is 1. The van der Waals surface area contributed by atoms with Crippen molar-refractivity contribution < 1.29 is 28.2 Å². The van der Waals surface area contributed by atoms with Gasteiger partial charge in [0.1, 0.15) is 24.1 Å². The lowest BCUT2D eigenvalue weighted by atomic mass is 9.74. The van der Waals surface area contributed by atoms with Crippen LogP contribution in [0.3, 0.4) is 0 Å². The SMILES string of the molecule is Cc1ccc(COc2cccc(-c3cc(=O)n(Cc4nc5ccc(C(=O)O)cc5n4CC45CC(CO4)C5)cc3F)n2)c(F)c1. The number of fused-ring (bicyclic) bond motifs is 2. The lowest BCUT2D eigenvalue weighted by Gasteiger charge is -2.36. The van der Waals surface area contributed by atoms with E-state index in [1.54, 1.807) is 49.4 Å². The lowest BCUT2D eigenvalue weighted by molar-refractivity contribution is -0.0133. The first-order valence-corrected chi connectivity index (χ1v) is 14.3. The second-order valence-electron chi connectivity index (χ2n) is 11.6. The Morgan fingerprint density at radius 3 is 2.68 bits per heavy atom. The molecule has 3 aromatic heterocycles. The topological polar surface area (TPSA) is 108 Å². The molecular formula is C33H28F2N4O5. The Morgan fingerprint density at radius 1 is 1.09 bits per heavy atom. The standard InChI is InChI=1S/C33H28F2N4O5/c1-19-5-6-22(24(34)9-19)17-43-30-4-2-3-26(37-30)23-11-31(40)38(14-25(23)35)15-29-36-27-8-7-21(32(41)42)10-28(27)39(29)18-33-12-20(13-33)16-44-33/h2-11,14,20H,12-13,15-18H2,1H3,(H,41,42). The minimum absolute atomic E-state index is 0.00317. The van der Waals surface area contributed by atoms with Gasteiger partial charge >= 0.3 is 5.97 Å². The summed E-state index contributed by atoms with van der Waals surface area (Å²) >= 11 is 0. The van der Waals surface area contributed by atoms with E-state index in [2.05, 4.69) is 4.98 Å². The normalized spacial score (nSPS) is 18.8. The fourth-order valence-electron chi connectivity index (χ4n) is 6.17. The second kappa shape index (κ2) is 10.7. The minimum Gasteiger partial charge on any atom is -0.478 e. The third-order valence-corrected chi connectivity index (χ3v) is 8.44. The van der Waals surface area contributed by atoms with E-state index in [0.717, 1.165) is 24.6 Å². The van der Waals surface area contributed by atoms with Crippen LogP contribution in [0.1, 0.15) is 40.2 Å². The maximum atomic E-state index is 15.5. The molecule has 3 fully saturated rings. The van der Waals surface area contributed by atoms with Gasteiger partial charge in [-0.3, -0.25) is 4.79 Å². The van der Waals surface area contributed by atoms with Crippen LogP contribution in [0, 0.1) is 24.5 Å². The van der Waals surface area contributed by atoms with Crippen molar-refractivity contribution in [3.8, 4) is 17.1 Å². The van der Waals surface area contributed by atoms with Gasteiger partial charge in [-0.25, -0.2) is 23.5 Å². The number of aromatic carboxylic acids is 1. The molecule has 1 aliphatic carbocycles. The molecule has 1 N–H and O–H groups in total. The zero-order valence-corrected chi connectivity index (χ0v) is 23.8. The first-order valence-electron chi connectivity index (χ1n) is 14.3. The molecule has 2 bridgehead atoms. The molecule has 5 heterocycles. The Kier molecular flexibility index (Phi) is 6.77. The van der Waals surface area contributed by atoms with Gasteiger partial charge in [0, 0.05) is 29.5 Å². The number of carboxylic acids is 1. The summed E-state index contributed by atoms with van der Waals surface area (Å²) in [5.41, 5.74) is 1.83. The van der Waals surface area contributed by atoms with Crippen LogP contribution in [0.2, 0.25) is 0 Å². The van der Waals surface area contributed by atoms with Crippen molar-refractivity contribution in [1.29, 1.82) is 0 Å². The molecule has 8 rings (SSSR count). The van der Waals surface area contributed by atoms with Crippen LogP contribution in [0.15, 0.2) is 71.7 Å². The van der Waals surface area contributed by atoms with Gasteiger partial charge in [0.25, 0.3) is 5.56 Å². The molecule has 2 aromatic carbocycles. The average Bonchev–Trinajstić information content (AvgIpc) is 3.68. The number of rotatable bonds is 9. The van der Waals surface area contributed by atoms with Crippen molar-refractivity contribution in [2.45, 2.75) is 45.1 Å². The van der Waals surface area contributed by atoms with Crippen molar-refractivity contribution >= 4 is 17.0 Å². The largest absolute Gasteiger partial charge is 0.478 e. The zero-order valence-electron chi connectivity index (χ0n) is 23.8.